The van der Waals surface area contributed by atoms with Gasteiger partial charge >= 0.3 is 6.61 Å². The summed E-state index contributed by atoms with van der Waals surface area (Å²) in [6.45, 7) is -2.12. The van der Waals surface area contributed by atoms with Gasteiger partial charge < -0.3 is 14.6 Å². The van der Waals surface area contributed by atoms with Gasteiger partial charge in [-0.25, -0.2) is 17.8 Å². The van der Waals surface area contributed by atoms with Crippen molar-refractivity contribution in [3.8, 4) is 16.9 Å². The molecule has 4 aromatic rings. The van der Waals surface area contributed by atoms with Crippen LogP contribution in [0.3, 0.4) is 0 Å². The molecule has 2 heterocycles. The highest BCUT2D eigenvalue weighted by Gasteiger charge is 2.28. The third kappa shape index (κ3) is 4.03. The molecule has 0 saturated carbocycles. The van der Waals surface area contributed by atoms with Crippen molar-refractivity contribution in [2.45, 2.75) is 24.1 Å². The van der Waals surface area contributed by atoms with E-state index in [2.05, 4.69) is 10.3 Å². The van der Waals surface area contributed by atoms with E-state index in [-0.39, 0.29) is 16.2 Å². The van der Waals surface area contributed by atoms with Crippen molar-refractivity contribution >= 4 is 20.9 Å². The summed E-state index contributed by atoms with van der Waals surface area (Å²) in [6.07, 6.45) is 1.09. The fourth-order valence-corrected chi connectivity index (χ4v) is 5.04. The Kier molecular flexibility index (Phi) is 5.57. The number of nitrogens with zero attached hydrogens (tertiary/aromatic N) is 2. The van der Waals surface area contributed by atoms with E-state index in [1.807, 2.05) is 4.57 Å². The lowest BCUT2D eigenvalue weighted by Gasteiger charge is -2.28. The van der Waals surface area contributed by atoms with Gasteiger partial charge in [-0.1, -0.05) is 30.3 Å². The Bertz CT molecular complexity index is 1500. The van der Waals surface area contributed by atoms with E-state index in [1.54, 1.807) is 36.4 Å². The van der Waals surface area contributed by atoms with Gasteiger partial charge in [-0.2, -0.15) is 8.78 Å². The Morgan fingerprint density at radius 1 is 1.12 bits per heavy atom. The van der Waals surface area contributed by atoms with Gasteiger partial charge in [-0.15, -0.1) is 0 Å². The summed E-state index contributed by atoms with van der Waals surface area (Å²) in [5.74, 6) is 0.140. The second kappa shape index (κ2) is 8.44. The van der Waals surface area contributed by atoms with Gasteiger partial charge in [-0.05, 0) is 29.8 Å². The number of para-hydroxylation sites is 1. The lowest BCUT2D eigenvalue weighted by Crippen LogP contribution is -2.34. The summed E-state index contributed by atoms with van der Waals surface area (Å²) in [5, 5.41) is 3.23. The average Bonchev–Trinajstić information content (AvgIpc) is 3.15. The molecule has 5 rings (SSSR count). The number of halogens is 3. The number of sulfone groups is 1. The standard InChI is InChI=1S/C24H20F3N3O3S/c1-34(31,32)15-6-4-5-14(9-15)17-10-20-19(11-18(17)25)29-23-13-28-12-21(30(20)23)16-7-2-3-8-22(16)33-24(26)27/h2-11,21,24,28H,12-13H2,1H3/t21-/m1/s1. The summed E-state index contributed by atoms with van der Waals surface area (Å²) in [4.78, 5) is 4.63. The Morgan fingerprint density at radius 3 is 2.68 bits per heavy atom. The fourth-order valence-electron chi connectivity index (χ4n) is 4.37. The van der Waals surface area contributed by atoms with Crippen molar-refractivity contribution in [3.05, 3.63) is 77.9 Å². The van der Waals surface area contributed by atoms with Crippen LogP contribution < -0.4 is 10.1 Å². The molecule has 0 spiro atoms. The van der Waals surface area contributed by atoms with Crippen molar-refractivity contribution < 1.29 is 26.3 Å². The van der Waals surface area contributed by atoms with Gasteiger partial charge in [0.05, 0.1) is 28.5 Å². The largest absolute Gasteiger partial charge is 0.434 e. The minimum Gasteiger partial charge on any atom is -0.434 e. The maximum atomic E-state index is 15.1. The molecule has 176 valence electrons. The Labute approximate surface area is 193 Å². The summed E-state index contributed by atoms with van der Waals surface area (Å²) < 4.78 is 71.8. The summed E-state index contributed by atoms with van der Waals surface area (Å²) in [7, 11) is -3.48. The van der Waals surface area contributed by atoms with Crippen LogP contribution in [0.4, 0.5) is 13.2 Å². The highest BCUT2D eigenvalue weighted by molar-refractivity contribution is 7.90. The molecule has 0 saturated heterocycles. The molecule has 1 aliphatic rings. The minimum atomic E-state index is -3.48. The monoisotopic (exact) mass is 487 g/mol. The molecule has 1 atom stereocenters. The van der Waals surface area contributed by atoms with Crippen LogP contribution in [-0.2, 0) is 16.4 Å². The van der Waals surface area contributed by atoms with Gasteiger partial charge in [-0.3, -0.25) is 0 Å². The average molecular weight is 488 g/mol. The van der Waals surface area contributed by atoms with Crippen molar-refractivity contribution in [1.82, 2.24) is 14.9 Å². The predicted molar refractivity (Wildman–Crippen MR) is 121 cm³/mol. The number of hydrogen-bond acceptors (Lipinski definition) is 5. The van der Waals surface area contributed by atoms with Crippen molar-refractivity contribution in [2.75, 3.05) is 12.8 Å². The third-order valence-corrected chi connectivity index (χ3v) is 6.96. The first-order chi connectivity index (χ1) is 16.2. The van der Waals surface area contributed by atoms with Crippen LogP contribution >= 0.6 is 0 Å². The van der Waals surface area contributed by atoms with E-state index in [0.717, 1.165) is 6.26 Å². The number of benzene rings is 3. The maximum Gasteiger partial charge on any atom is 0.387 e. The molecule has 6 nitrogen and oxygen atoms in total. The van der Waals surface area contributed by atoms with Crippen LogP contribution in [0.5, 0.6) is 5.75 Å². The van der Waals surface area contributed by atoms with Crippen molar-refractivity contribution in [2.24, 2.45) is 0 Å². The molecule has 1 aliphatic heterocycles. The third-order valence-electron chi connectivity index (χ3n) is 5.85. The van der Waals surface area contributed by atoms with Crippen molar-refractivity contribution in [1.29, 1.82) is 0 Å². The van der Waals surface area contributed by atoms with Crippen molar-refractivity contribution in [3.63, 3.8) is 0 Å². The van der Waals surface area contributed by atoms with E-state index >= 15 is 4.39 Å². The van der Waals surface area contributed by atoms with Gasteiger partial charge in [0.25, 0.3) is 0 Å². The number of ether oxygens (including phenoxy) is 1. The highest BCUT2D eigenvalue weighted by atomic mass is 32.2. The number of imidazole rings is 1. The molecular weight excluding hydrogens is 467 g/mol. The van der Waals surface area contributed by atoms with E-state index in [1.165, 1.54) is 24.3 Å². The lowest BCUT2D eigenvalue weighted by molar-refractivity contribution is -0.0507. The summed E-state index contributed by atoms with van der Waals surface area (Å²) in [5.41, 5.74) is 2.19. The van der Waals surface area contributed by atoms with E-state index < -0.39 is 28.3 Å². The molecule has 3 aromatic carbocycles. The van der Waals surface area contributed by atoms with Crippen LogP contribution in [0, 0.1) is 5.82 Å². The molecule has 0 amide bonds. The number of hydrogen-bond donors (Lipinski definition) is 1. The topological polar surface area (TPSA) is 73.2 Å². The molecular formula is C24H20F3N3O3S. The predicted octanol–water partition coefficient (Wildman–Crippen LogP) is 4.54. The van der Waals surface area contributed by atoms with Gasteiger partial charge in [0.1, 0.15) is 17.4 Å². The maximum absolute atomic E-state index is 15.1. The molecule has 0 fully saturated rings. The number of alkyl halides is 2. The number of rotatable bonds is 5. The van der Waals surface area contributed by atoms with Crippen LogP contribution in [0.1, 0.15) is 17.4 Å². The molecule has 34 heavy (non-hydrogen) atoms. The minimum absolute atomic E-state index is 0.0576. The number of fused-ring (bicyclic) bond motifs is 3. The SMILES string of the molecule is CS(=O)(=O)c1cccc(-c2cc3c(cc2F)nc2n3[C@@H](c3ccccc3OC(F)F)CNC2)c1. The van der Waals surface area contributed by atoms with Gasteiger partial charge in [0, 0.05) is 30.0 Å². The second-order valence-corrected chi connectivity index (χ2v) is 10.1. The molecule has 0 aliphatic carbocycles. The zero-order valence-corrected chi connectivity index (χ0v) is 18.8. The lowest BCUT2D eigenvalue weighted by atomic mass is 10.0. The van der Waals surface area contributed by atoms with E-state index in [4.69, 9.17) is 4.74 Å². The van der Waals surface area contributed by atoms with Crippen LogP contribution in [-0.4, -0.2) is 37.4 Å². The first-order valence-corrected chi connectivity index (χ1v) is 12.4. The molecule has 1 N–H and O–H groups in total. The zero-order chi connectivity index (χ0) is 24.0. The van der Waals surface area contributed by atoms with Gasteiger partial charge in [0.15, 0.2) is 9.84 Å². The number of aromatic nitrogens is 2. The Hall–Kier alpha value is -3.37. The smallest absolute Gasteiger partial charge is 0.387 e. The van der Waals surface area contributed by atoms with Crippen LogP contribution in [0.15, 0.2) is 65.6 Å². The first kappa shape index (κ1) is 22.4. The molecule has 0 unspecified atom stereocenters. The molecule has 0 bridgehead atoms. The summed E-state index contributed by atoms with van der Waals surface area (Å²) in [6, 6.07) is 15.1. The second-order valence-electron chi connectivity index (χ2n) is 8.08. The molecule has 1 aromatic heterocycles. The van der Waals surface area contributed by atoms with Crippen LogP contribution in [0.25, 0.3) is 22.2 Å². The Morgan fingerprint density at radius 2 is 1.91 bits per heavy atom. The van der Waals surface area contributed by atoms with Crippen LogP contribution in [0.2, 0.25) is 0 Å². The van der Waals surface area contributed by atoms with E-state index in [0.29, 0.717) is 41.1 Å². The normalized spacial score (nSPS) is 16.1. The first-order valence-electron chi connectivity index (χ1n) is 10.5. The molecule has 0 radical (unpaired) electrons. The Balaban J connectivity index is 1.69. The number of nitrogens with one attached hydrogen (secondary N) is 1. The fraction of sp³-hybridized carbons (Fsp3) is 0.208. The zero-order valence-electron chi connectivity index (χ0n) is 18.0. The highest BCUT2D eigenvalue weighted by Crippen LogP contribution is 2.36. The quantitative estimate of drug-likeness (QED) is 0.448. The van der Waals surface area contributed by atoms with E-state index in [9.17, 15) is 17.2 Å². The van der Waals surface area contributed by atoms with Gasteiger partial charge in [0.2, 0.25) is 0 Å². The summed E-state index contributed by atoms with van der Waals surface area (Å²) >= 11 is 0. The molecule has 10 heteroatoms.